The van der Waals surface area contributed by atoms with Crippen LogP contribution in [0.25, 0.3) is 0 Å². The lowest BCUT2D eigenvalue weighted by molar-refractivity contribution is -0.123. The monoisotopic (exact) mass is 363 g/mol. The third-order valence-corrected chi connectivity index (χ3v) is 4.30. The Bertz CT molecular complexity index is 612. The zero-order chi connectivity index (χ0) is 18.9. The first-order valence-corrected chi connectivity index (χ1v) is 9.33. The Kier molecular flexibility index (Phi) is 7.69. The summed E-state index contributed by atoms with van der Waals surface area (Å²) < 4.78 is 14.0. The Labute approximate surface area is 155 Å². The van der Waals surface area contributed by atoms with E-state index in [4.69, 9.17) is 0 Å². The van der Waals surface area contributed by atoms with Crippen molar-refractivity contribution in [2.75, 3.05) is 50.7 Å². The highest BCUT2D eigenvalue weighted by Gasteiger charge is 2.21. The summed E-state index contributed by atoms with van der Waals surface area (Å²) in [6.45, 7) is 10.7. The van der Waals surface area contributed by atoms with E-state index in [1.807, 2.05) is 32.9 Å². The van der Waals surface area contributed by atoms with E-state index in [0.717, 1.165) is 38.7 Å². The van der Waals surface area contributed by atoms with Crippen molar-refractivity contribution >= 4 is 17.6 Å². The highest BCUT2D eigenvalue weighted by atomic mass is 19.1. The molecule has 1 heterocycles. The highest BCUT2D eigenvalue weighted by molar-refractivity contribution is 5.80. The normalized spacial score (nSPS) is 15.3. The van der Waals surface area contributed by atoms with E-state index in [2.05, 4.69) is 25.4 Å². The van der Waals surface area contributed by atoms with E-state index >= 15 is 0 Å². The number of hydrogen-bond acceptors (Lipinski definition) is 3. The molecular formula is C19H30FN5O. The molecule has 1 aliphatic rings. The summed E-state index contributed by atoms with van der Waals surface area (Å²) in [5.74, 6) is 0.698. The van der Waals surface area contributed by atoms with Gasteiger partial charge in [-0.1, -0.05) is 26.0 Å². The molecule has 0 aliphatic carbocycles. The summed E-state index contributed by atoms with van der Waals surface area (Å²) in [5.41, 5.74) is 0.658. The second kappa shape index (κ2) is 9.99. The molecule has 1 fully saturated rings. The predicted molar refractivity (Wildman–Crippen MR) is 104 cm³/mol. The van der Waals surface area contributed by atoms with Crippen LogP contribution in [0.2, 0.25) is 0 Å². The smallest absolute Gasteiger partial charge is 0.222 e. The summed E-state index contributed by atoms with van der Waals surface area (Å²) in [6, 6.07) is 6.89. The first-order chi connectivity index (χ1) is 12.5. The zero-order valence-electron chi connectivity index (χ0n) is 16.0. The van der Waals surface area contributed by atoms with Crippen LogP contribution in [0.5, 0.6) is 0 Å². The van der Waals surface area contributed by atoms with Gasteiger partial charge in [0.2, 0.25) is 5.91 Å². The molecule has 0 atom stereocenters. The molecule has 0 radical (unpaired) electrons. The van der Waals surface area contributed by atoms with E-state index in [0.29, 0.717) is 18.8 Å². The quantitative estimate of drug-likeness (QED) is 0.459. The van der Waals surface area contributed by atoms with Crippen LogP contribution < -0.4 is 15.5 Å². The molecule has 0 spiro atoms. The first-order valence-electron chi connectivity index (χ1n) is 9.33. The number of halogens is 1. The molecule has 144 valence electrons. The zero-order valence-corrected chi connectivity index (χ0v) is 16.0. The third-order valence-electron chi connectivity index (χ3n) is 4.30. The van der Waals surface area contributed by atoms with Crippen molar-refractivity contribution < 1.29 is 9.18 Å². The number of nitrogens with zero attached hydrogens (tertiary/aromatic N) is 3. The Hall–Kier alpha value is -2.31. The molecular weight excluding hydrogens is 333 g/mol. The fourth-order valence-electron chi connectivity index (χ4n) is 2.84. The number of anilines is 1. The minimum absolute atomic E-state index is 0.0151. The number of carbonyl (C=O) groups is 1. The molecule has 0 bridgehead atoms. The molecule has 1 aromatic rings. The van der Waals surface area contributed by atoms with E-state index in [-0.39, 0.29) is 17.6 Å². The predicted octanol–water partition coefficient (Wildman–Crippen LogP) is 1.69. The molecule has 1 saturated heterocycles. The molecule has 1 amide bonds. The van der Waals surface area contributed by atoms with Crippen LogP contribution in [-0.4, -0.2) is 62.6 Å². The molecule has 26 heavy (non-hydrogen) atoms. The third kappa shape index (κ3) is 5.61. The van der Waals surface area contributed by atoms with Gasteiger partial charge in [0.15, 0.2) is 5.96 Å². The second-order valence-electron chi connectivity index (χ2n) is 6.61. The number of aliphatic imine (C=N–C) groups is 1. The van der Waals surface area contributed by atoms with Gasteiger partial charge in [-0.05, 0) is 19.1 Å². The summed E-state index contributed by atoms with van der Waals surface area (Å²) in [7, 11) is 0. The topological polar surface area (TPSA) is 60.0 Å². The minimum atomic E-state index is -0.178. The standard InChI is InChI=1S/C19H30FN5O/c1-4-21-19(23-10-9-22-18(26)15(2)3)25-13-11-24(12-14-25)17-8-6-5-7-16(17)20/h5-8,15H,4,9-14H2,1-3H3,(H,21,23)(H,22,26). The van der Waals surface area contributed by atoms with Gasteiger partial charge < -0.3 is 20.4 Å². The van der Waals surface area contributed by atoms with Gasteiger partial charge in [-0.3, -0.25) is 9.79 Å². The van der Waals surface area contributed by atoms with Crippen molar-refractivity contribution in [3.63, 3.8) is 0 Å². The lowest BCUT2D eigenvalue weighted by Gasteiger charge is -2.37. The summed E-state index contributed by atoms with van der Waals surface area (Å²) in [6.07, 6.45) is 0. The van der Waals surface area contributed by atoms with Crippen molar-refractivity contribution in [1.29, 1.82) is 0 Å². The maximum Gasteiger partial charge on any atom is 0.222 e. The Morgan fingerprint density at radius 3 is 2.50 bits per heavy atom. The van der Waals surface area contributed by atoms with Gasteiger partial charge >= 0.3 is 0 Å². The summed E-state index contributed by atoms with van der Waals surface area (Å²) >= 11 is 0. The van der Waals surface area contributed by atoms with E-state index < -0.39 is 0 Å². The van der Waals surface area contributed by atoms with Gasteiger partial charge in [0.05, 0.1) is 12.2 Å². The van der Waals surface area contributed by atoms with E-state index in [9.17, 15) is 9.18 Å². The van der Waals surface area contributed by atoms with Gasteiger partial charge in [-0.25, -0.2) is 4.39 Å². The fourth-order valence-corrected chi connectivity index (χ4v) is 2.84. The van der Waals surface area contributed by atoms with Crippen LogP contribution in [0, 0.1) is 11.7 Å². The van der Waals surface area contributed by atoms with E-state index in [1.165, 1.54) is 6.07 Å². The molecule has 6 nitrogen and oxygen atoms in total. The number of hydrogen-bond donors (Lipinski definition) is 2. The van der Waals surface area contributed by atoms with Crippen molar-refractivity contribution in [2.24, 2.45) is 10.9 Å². The molecule has 0 saturated carbocycles. The van der Waals surface area contributed by atoms with Crippen LogP contribution >= 0.6 is 0 Å². The largest absolute Gasteiger partial charge is 0.366 e. The lowest BCUT2D eigenvalue weighted by Crippen LogP contribution is -2.53. The molecule has 0 aromatic heterocycles. The molecule has 2 rings (SSSR count). The summed E-state index contributed by atoms with van der Waals surface area (Å²) in [4.78, 5) is 20.5. The van der Waals surface area contributed by atoms with Crippen molar-refractivity contribution in [1.82, 2.24) is 15.5 Å². The Morgan fingerprint density at radius 1 is 1.19 bits per heavy atom. The van der Waals surface area contributed by atoms with E-state index in [1.54, 1.807) is 6.07 Å². The van der Waals surface area contributed by atoms with Crippen LogP contribution in [0.1, 0.15) is 20.8 Å². The molecule has 1 aliphatic heterocycles. The Morgan fingerprint density at radius 2 is 1.88 bits per heavy atom. The van der Waals surface area contributed by atoms with Gasteiger partial charge in [0.1, 0.15) is 5.82 Å². The minimum Gasteiger partial charge on any atom is -0.366 e. The highest BCUT2D eigenvalue weighted by Crippen LogP contribution is 2.20. The number of piperazine rings is 1. The number of guanidine groups is 1. The average Bonchev–Trinajstić information content (AvgIpc) is 2.64. The number of carbonyl (C=O) groups excluding carboxylic acids is 1. The number of nitrogens with one attached hydrogen (secondary N) is 2. The maximum absolute atomic E-state index is 14.0. The second-order valence-corrected chi connectivity index (χ2v) is 6.61. The SMILES string of the molecule is CCNC(=NCCNC(=O)C(C)C)N1CCN(c2ccccc2F)CC1. The van der Waals surface area contributed by atoms with Crippen LogP contribution in [-0.2, 0) is 4.79 Å². The fraction of sp³-hybridized carbons (Fsp3) is 0.579. The van der Waals surface area contributed by atoms with Crippen LogP contribution in [0.3, 0.4) is 0 Å². The average molecular weight is 363 g/mol. The van der Waals surface area contributed by atoms with Gasteiger partial charge in [0, 0.05) is 45.2 Å². The van der Waals surface area contributed by atoms with Gasteiger partial charge in [0.25, 0.3) is 0 Å². The van der Waals surface area contributed by atoms with Crippen molar-refractivity contribution in [3.8, 4) is 0 Å². The first kappa shape index (κ1) is 20.0. The number of para-hydroxylation sites is 1. The van der Waals surface area contributed by atoms with Gasteiger partial charge in [-0.15, -0.1) is 0 Å². The number of rotatable bonds is 6. The van der Waals surface area contributed by atoms with Crippen LogP contribution in [0.15, 0.2) is 29.3 Å². The molecule has 2 N–H and O–H groups in total. The van der Waals surface area contributed by atoms with Crippen LogP contribution in [0.4, 0.5) is 10.1 Å². The Balaban J connectivity index is 1.88. The van der Waals surface area contributed by atoms with Gasteiger partial charge in [-0.2, -0.15) is 0 Å². The number of amides is 1. The lowest BCUT2D eigenvalue weighted by atomic mass is 10.2. The maximum atomic E-state index is 14.0. The molecule has 7 heteroatoms. The summed E-state index contributed by atoms with van der Waals surface area (Å²) in [5, 5.41) is 6.17. The molecule has 0 unspecified atom stereocenters. The molecule has 1 aromatic carbocycles. The van der Waals surface area contributed by atoms with Crippen molar-refractivity contribution in [3.05, 3.63) is 30.1 Å². The van der Waals surface area contributed by atoms with Crippen molar-refractivity contribution in [2.45, 2.75) is 20.8 Å². The number of benzene rings is 1.